The molecule has 1 unspecified atom stereocenters. The SMILES string of the molecule is CCOC(=O)C(O)Cc1c(C)cc(C)cc1C. The monoisotopic (exact) mass is 236 g/mol. The Morgan fingerprint density at radius 2 is 1.82 bits per heavy atom. The predicted octanol–water partition coefficient (Wildman–Crippen LogP) is 2.08. The van der Waals surface area contributed by atoms with E-state index < -0.39 is 12.1 Å². The molecule has 94 valence electrons. The normalized spacial score (nSPS) is 12.3. The lowest BCUT2D eigenvalue weighted by atomic mass is 9.95. The Hall–Kier alpha value is -1.35. The van der Waals surface area contributed by atoms with Crippen LogP contribution < -0.4 is 0 Å². The maximum Gasteiger partial charge on any atom is 0.335 e. The summed E-state index contributed by atoms with van der Waals surface area (Å²) in [7, 11) is 0. The second-order valence-electron chi connectivity index (χ2n) is 4.35. The van der Waals surface area contributed by atoms with E-state index in [9.17, 15) is 9.90 Å². The van der Waals surface area contributed by atoms with Gasteiger partial charge >= 0.3 is 5.97 Å². The van der Waals surface area contributed by atoms with E-state index in [4.69, 9.17) is 4.74 Å². The van der Waals surface area contributed by atoms with Gasteiger partial charge in [-0.05, 0) is 44.4 Å². The molecular weight excluding hydrogens is 216 g/mol. The van der Waals surface area contributed by atoms with E-state index in [-0.39, 0.29) is 0 Å². The average molecular weight is 236 g/mol. The van der Waals surface area contributed by atoms with E-state index in [0.717, 1.165) is 16.7 Å². The number of benzene rings is 1. The first-order valence-electron chi connectivity index (χ1n) is 5.87. The Bertz CT molecular complexity index is 387. The van der Waals surface area contributed by atoms with Crippen LogP contribution in [0, 0.1) is 20.8 Å². The van der Waals surface area contributed by atoms with Crippen molar-refractivity contribution in [3.63, 3.8) is 0 Å². The molecule has 1 rings (SSSR count). The number of ether oxygens (including phenoxy) is 1. The third kappa shape index (κ3) is 3.56. The maximum absolute atomic E-state index is 11.4. The van der Waals surface area contributed by atoms with Crippen molar-refractivity contribution in [2.45, 2.75) is 40.2 Å². The van der Waals surface area contributed by atoms with Gasteiger partial charge in [-0.3, -0.25) is 0 Å². The summed E-state index contributed by atoms with van der Waals surface area (Å²) in [6.45, 7) is 8.04. The summed E-state index contributed by atoms with van der Waals surface area (Å²) in [5, 5.41) is 9.75. The van der Waals surface area contributed by atoms with Gasteiger partial charge in [0.1, 0.15) is 0 Å². The minimum Gasteiger partial charge on any atom is -0.464 e. The van der Waals surface area contributed by atoms with Gasteiger partial charge in [-0.1, -0.05) is 17.7 Å². The lowest BCUT2D eigenvalue weighted by molar-refractivity contribution is -0.152. The molecule has 17 heavy (non-hydrogen) atoms. The van der Waals surface area contributed by atoms with Gasteiger partial charge in [0, 0.05) is 6.42 Å². The highest BCUT2D eigenvalue weighted by molar-refractivity contribution is 5.74. The van der Waals surface area contributed by atoms with Crippen molar-refractivity contribution in [3.8, 4) is 0 Å². The second-order valence-corrected chi connectivity index (χ2v) is 4.35. The number of aliphatic hydroxyl groups is 1. The Morgan fingerprint density at radius 1 is 1.29 bits per heavy atom. The minimum atomic E-state index is -1.07. The Labute approximate surface area is 102 Å². The van der Waals surface area contributed by atoms with Crippen molar-refractivity contribution in [3.05, 3.63) is 34.4 Å². The van der Waals surface area contributed by atoms with Crippen LogP contribution in [0.3, 0.4) is 0 Å². The fourth-order valence-corrected chi connectivity index (χ4v) is 2.05. The molecular formula is C14H20O3. The van der Waals surface area contributed by atoms with Gasteiger partial charge in [-0.25, -0.2) is 4.79 Å². The lowest BCUT2D eigenvalue weighted by Gasteiger charge is -2.14. The first-order valence-corrected chi connectivity index (χ1v) is 5.87. The fraction of sp³-hybridized carbons (Fsp3) is 0.500. The molecule has 1 N–H and O–H groups in total. The smallest absolute Gasteiger partial charge is 0.335 e. The zero-order valence-corrected chi connectivity index (χ0v) is 10.9. The molecule has 0 aliphatic rings. The number of hydrogen-bond acceptors (Lipinski definition) is 3. The van der Waals surface area contributed by atoms with Gasteiger partial charge in [0.25, 0.3) is 0 Å². The van der Waals surface area contributed by atoms with E-state index in [1.807, 2.05) is 20.8 Å². The van der Waals surface area contributed by atoms with Crippen LogP contribution >= 0.6 is 0 Å². The third-order valence-corrected chi connectivity index (χ3v) is 2.80. The summed E-state index contributed by atoms with van der Waals surface area (Å²) in [5.74, 6) is -0.549. The molecule has 0 saturated carbocycles. The van der Waals surface area contributed by atoms with Gasteiger partial charge in [0.2, 0.25) is 0 Å². The van der Waals surface area contributed by atoms with Crippen LogP contribution in [0.4, 0.5) is 0 Å². The molecule has 0 amide bonds. The summed E-state index contributed by atoms with van der Waals surface area (Å²) < 4.78 is 4.79. The van der Waals surface area contributed by atoms with Crippen LogP contribution in [0.5, 0.6) is 0 Å². The van der Waals surface area contributed by atoms with E-state index in [0.29, 0.717) is 13.0 Å². The number of hydrogen-bond donors (Lipinski definition) is 1. The van der Waals surface area contributed by atoms with Crippen LogP contribution in [0.2, 0.25) is 0 Å². The van der Waals surface area contributed by atoms with Crippen molar-refractivity contribution >= 4 is 5.97 Å². The Kier molecular flexibility index (Phi) is 4.70. The number of carbonyl (C=O) groups excluding carboxylic acids is 1. The summed E-state index contributed by atoms with van der Waals surface area (Å²) >= 11 is 0. The Morgan fingerprint density at radius 3 is 2.29 bits per heavy atom. The largest absolute Gasteiger partial charge is 0.464 e. The standard InChI is InChI=1S/C14H20O3/c1-5-17-14(16)13(15)8-12-10(3)6-9(2)7-11(12)4/h6-7,13,15H,5,8H2,1-4H3. The molecule has 0 aliphatic heterocycles. The van der Waals surface area contributed by atoms with Crippen LogP contribution in [0.1, 0.15) is 29.2 Å². The second kappa shape index (κ2) is 5.82. The van der Waals surface area contributed by atoms with Crippen LogP contribution in [-0.4, -0.2) is 23.8 Å². The van der Waals surface area contributed by atoms with E-state index in [1.54, 1.807) is 6.92 Å². The maximum atomic E-state index is 11.4. The first-order chi connectivity index (χ1) is 7.95. The minimum absolute atomic E-state index is 0.293. The van der Waals surface area contributed by atoms with Gasteiger partial charge in [-0.2, -0.15) is 0 Å². The molecule has 0 radical (unpaired) electrons. The molecule has 0 aliphatic carbocycles. The van der Waals surface area contributed by atoms with Crippen molar-refractivity contribution < 1.29 is 14.6 Å². The molecule has 0 aromatic heterocycles. The van der Waals surface area contributed by atoms with Crippen molar-refractivity contribution in [2.24, 2.45) is 0 Å². The first kappa shape index (κ1) is 13.7. The van der Waals surface area contributed by atoms with Gasteiger partial charge in [-0.15, -0.1) is 0 Å². The van der Waals surface area contributed by atoms with E-state index in [2.05, 4.69) is 12.1 Å². The van der Waals surface area contributed by atoms with Crippen LogP contribution in [-0.2, 0) is 16.0 Å². The molecule has 0 fully saturated rings. The van der Waals surface area contributed by atoms with Crippen LogP contribution in [0.25, 0.3) is 0 Å². The molecule has 1 aromatic rings. The lowest BCUT2D eigenvalue weighted by Crippen LogP contribution is -2.26. The van der Waals surface area contributed by atoms with Gasteiger partial charge in [0.05, 0.1) is 6.61 Å². The highest BCUT2D eigenvalue weighted by Gasteiger charge is 2.18. The molecule has 0 heterocycles. The topological polar surface area (TPSA) is 46.5 Å². The highest BCUT2D eigenvalue weighted by atomic mass is 16.5. The van der Waals surface area contributed by atoms with Crippen molar-refractivity contribution in [1.82, 2.24) is 0 Å². The highest BCUT2D eigenvalue weighted by Crippen LogP contribution is 2.18. The summed E-state index contributed by atoms with van der Waals surface area (Å²) in [4.78, 5) is 11.4. The summed E-state index contributed by atoms with van der Waals surface area (Å²) in [6.07, 6.45) is -0.758. The molecule has 0 bridgehead atoms. The van der Waals surface area contributed by atoms with Gasteiger partial charge in [0.15, 0.2) is 6.10 Å². The summed E-state index contributed by atoms with van der Waals surface area (Å²) in [6, 6.07) is 4.11. The van der Waals surface area contributed by atoms with Gasteiger partial charge < -0.3 is 9.84 Å². The quantitative estimate of drug-likeness (QED) is 0.814. The number of esters is 1. The summed E-state index contributed by atoms with van der Waals surface area (Å²) in [5.41, 5.74) is 4.42. The van der Waals surface area contributed by atoms with Crippen LogP contribution in [0.15, 0.2) is 12.1 Å². The number of aryl methyl sites for hydroxylation is 3. The van der Waals surface area contributed by atoms with Crippen molar-refractivity contribution in [2.75, 3.05) is 6.61 Å². The van der Waals surface area contributed by atoms with E-state index in [1.165, 1.54) is 5.56 Å². The molecule has 0 spiro atoms. The number of carbonyl (C=O) groups is 1. The molecule has 1 aromatic carbocycles. The average Bonchev–Trinajstić information content (AvgIpc) is 2.23. The zero-order valence-electron chi connectivity index (χ0n) is 10.9. The predicted molar refractivity (Wildman–Crippen MR) is 67.0 cm³/mol. The fourth-order valence-electron chi connectivity index (χ4n) is 2.05. The third-order valence-electron chi connectivity index (χ3n) is 2.80. The molecule has 1 atom stereocenters. The molecule has 3 nitrogen and oxygen atoms in total. The van der Waals surface area contributed by atoms with Crippen molar-refractivity contribution in [1.29, 1.82) is 0 Å². The molecule has 0 saturated heterocycles. The zero-order chi connectivity index (χ0) is 13.0. The number of aliphatic hydroxyl groups excluding tert-OH is 1. The Balaban J connectivity index is 2.85. The molecule has 3 heteroatoms. The number of rotatable bonds is 4. The van der Waals surface area contributed by atoms with E-state index >= 15 is 0 Å².